The molecule has 0 aliphatic heterocycles. The number of aromatic nitrogens is 1. The third kappa shape index (κ3) is 3.86. The SMILES string of the molecule is Cc1cccc(-c2cc(C(=O)Nc3cc(Cl)cc(Cl)c3)c3ccccc3n2)c1. The predicted octanol–water partition coefficient (Wildman–Crippen LogP) is 6.77. The van der Waals surface area contributed by atoms with Crippen molar-refractivity contribution in [1.82, 2.24) is 4.98 Å². The largest absolute Gasteiger partial charge is 0.322 e. The molecular formula is C23H16Cl2N2O. The van der Waals surface area contributed by atoms with Crippen LogP contribution in [0.5, 0.6) is 0 Å². The van der Waals surface area contributed by atoms with Crippen molar-refractivity contribution in [2.75, 3.05) is 5.32 Å². The van der Waals surface area contributed by atoms with E-state index >= 15 is 0 Å². The van der Waals surface area contributed by atoms with Gasteiger partial charge in [-0.15, -0.1) is 0 Å². The van der Waals surface area contributed by atoms with E-state index in [9.17, 15) is 4.79 Å². The molecule has 0 bridgehead atoms. The molecule has 138 valence electrons. The number of amides is 1. The summed E-state index contributed by atoms with van der Waals surface area (Å²) in [5.41, 5.74) is 4.68. The molecule has 4 aromatic rings. The van der Waals surface area contributed by atoms with E-state index in [-0.39, 0.29) is 5.91 Å². The number of carbonyl (C=O) groups is 1. The number of carbonyl (C=O) groups excluding carboxylic acids is 1. The summed E-state index contributed by atoms with van der Waals surface area (Å²) in [5.74, 6) is -0.245. The van der Waals surface area contributed by atoms with Gasteiger partial charge in [-0.1, -0.05) is 65.2 Å². The number of pyridine rings is 1. The minimum absolute atomic E-state index is 0.245. The molecule has 0 aliphatic rings. The summed E-state index contributed by atoms with van der Waals surface area (Å²) in [4.78, 5) is 17.8. The second-order valence-corrected chi connectivity index (χ2v) is 7.43. The molecule has 0 saturated carbocycles. The van der Waals surface area contributed by atoms with Crippen molar-refractivity contribution in [1.29, 1.82) is 0 Å². The Kier molecular flexibility index (Phi) is 5.03. The number of halogens is 2. The van der Waals surface area contributed by atoms with Crippen LogP contribution in [-0.4, -0.2) is 10.9 Å². The first-order valence-electron chi connectivity index (χ1n) is 8.74. The van der Waals surface area contributed by atoms with Gasteiger partial charge in [-0.3, -0.25) is 4.79 Å². The molecule has 1 aromatic heterocycles. The van der Waals surface area contributed by atoms with Gasteiger partial charge in [-0.05, 0) is 43.3 Å². The number of fused-ring (bicyclic) bond motifs is 1. The maximum absolute atomic E-state index is 13.1. The highest BCUT2D eigenvalue weighted by Gasteiger charge is 2.15. The first-order chi connectivity index (χ1) is 13.5. The van der Waals surface area contributed by atoms with Gasteiger partial charge in [-0.2, -0.15) is 0 Å². The predicted molar refractivity (Wildman–Crippen MR) is 116 cm³/mol. The molecule has 28 heavy (non-hydrogen) atoms. The lowest BCUT2D eigenvalue weighted by molar-refractivity contribution is 0.102. The number of hydrogen-bond acceptors (Lipinski definition) is 2. The van der Waals surface area contributed by atoms with Crippen LogP contribution in [0.2, 0.25) is 10.0 Å². The molecule has 1 heterocycles. The minimum Gasteiger partial charge on any atom is -0.322 e. The molecule has 4 rings (SSSR count). The van der Waals surface area contributed by atoms with Crippen LogP contribution in [-0.2, 0) is 0 Å². The summed E-state index contributed by atoms with van der Waals surface area (Å²) in [5, 5.41) is 4.59. The zero-order valence-corrected chi connectivity index (χ0v) is 16.6. The van der Waals surface area contributed by atoms with Gasteiger partial charge >= 0.3 is 0 Å². The fourth-order valence-electron chi connectivity index (χ4n) is 3.14. The van der Waals surface area contributed by atoms with Gasteiger partial charge in [0.15, 0.2) is 0 Å². The minimum atomic E-state index is -0.245. The normalized spacial score (nSPS) is 10.8. The average Bonchev–Trinajstić information content (AvgIpc) is 2.66. The molecule has 3 aromatic carbocycles. The first kappa shape index (κ1) is 18.5. The Morgan fingerprint density at radius 2 is 1.64 bits per heavy atom. The van der Waals surface area contributed by atoms with Crippen molar-refractivity contribution in [3.05, 3.63) is 94.0 Å². The molecule has 0 saturated heterocycles. The maximum Gasteiger partial charge on any atom is 0.256 e. The number of aryl methyl sites for hydroxylation is 1. The van der Waals surface area contributed by atoms with Gasteiger partial charge in [-0.25, -0.2) is 4.98 Å². The Balaban J connectivity index is 1.81. The highest BCUT2D eigenvalue weighted by molar-refractivity contribution is 6.35. The van der Waals surface area contributed by atoms with E-state index in [1.807, 2.05) is 55.5 Å². The average molecular weight is 407 g/mol. The van der Waals surface area contributed by atoms with Crippen LogP contribution in [0.1, 0.15) is 15.9 Å². The van der Waals surface area contributed by atoms with Crippen LogP contribution < -0.4 is 5.32 Å². The Bertz CT molecular complexity index is 1180. The van der Waals surface area contributed by atoms with Crippen LogP contribution in [0.4, 0.5) is 5.69 Å². The lowest BCUT2D eigenvalue weighted by Gasteiger charge is -2.11. The van der Waals surface area contributed by atoms with Crippen LogP contribution in [0.15, 0.2) is 72.8 Å². The monoisotopic (exact) mass is 406 g/mol. The van der Waals surface area contributed by atoms with Crippen molar-refractivity contribution in [2.24, 2.45) is 0 Å². The molecule has 5 heteroatoms. The molecule has 0 fully saturated rings. The Hall–Kier alpha value is -2.88. The quantitative estimate of drug-likeness (QED) is 0.407. The fraction of sp³-hybridized carbons (Fsp3) is 0.0435. The van der Waals surface area contributed by atoms with Crippen molar-refractivity contribution < 1.29 is 4.79 Å². The van der Waals surface area contributed by atoms with Gasteiger partial charge in [0.1, 0.15) is 0 Å². The highest BCUT2D eigenvalue weighted by atomic mass is 35.5. The Labute approximate surface area is 172 Å². The third-order valence-electron chi connectivity index (χ3n) is 4.40. The molecule has 1 amide bonds. The summed E-state index contributed by atoms with van der Waals surface area (Å²) >= 11 is 12.1. The van der Waals surface area contributed by atoms with Crippen molar-refractivity contribution in [2.45, 2.75) is 6.92 Å². The molecule has 0 radical (unpaired) electrons. The number of nitrogens with one attached hydrogen (secondary N) is 1. The Morgan fingerprint density at radius 1 is 0.893 bits per heavy atom. The number of rotatable bonds is 3. The lowest BCUT2D eigenvalue weighted by atomic mass is 10.0. The van der Waals surface area contributed by atoms with E-state index < -0.39 is 0 Å². The fourth-order valence-corrected chi connectivity index (χ4v) is 3.67. The standard InChI is InChI=1S/C23H16Cl2N2O/c1-14-5-4-6-15(9-14)22-13-20(19-7-2-3-8-21(19)27-22)23(28)26-18-11-16(24)10-17(25)12-18/h2-13H,1H3,(H,26,28). The van der Waals surface area contributed by atoms with Crippen LogP contribution in [0.25, 0.3) is 22.2 Å². The first-order valence-corrected chi connectivity index (χ1v) is 9.49. The number of nitrogens with zero attached hydrogens (tertiary/aromatic N) is 1. The van der Waals surface area contributed by atoms with Crippen LogP contribution in [0, 0.1) is 6.92 Å². The molecule has 0 unspecified atom stereocenters. The number of hydrogen-bond donors (Lipinski definition) is 1. The zero-order valence-electron chi connectivity index (χ0n) is 15.0. The van der Waals surface area contributed by atoms with Crippen LogP contribution >= 0.6 is 23.2 Å². The highest BCUT2D eigenvalue weighted by Crippen LogP contribution is 2.27. The summed E-state index contributed by atoms with van der Waals surface area (Å²) in [6.45, 7) is 2.03. The molecule has 0 spiro atoms. The number of benzene rings is 3. The Morgan fingerprint density at radius 3 is 2.39 bits per heavy atom. The summed E-state index contributed by atoms with van der Waals surface area (Å²) in [7, 11) is 0. The smallest absolute Gasteiger partial charge is 0.256 e. The molecule has 0 aliphatic carbocycles. The lowest BCUT2D eigenvalue weighted by Crippen LogP contribution is -2.13. The summed E-state index contributed by atoms with van der Waals surface area (Å²) in [6, 6.07) is 22.4. The van der Waals surface area contributed by atoms with Crippen molar-refractivity contribution >= 4 is 45.7 Å². The third-order valence-corrected chi connectivity index (χ3v) is 4.83. The summed E-state index contributed by atoms with van der Waals surface area (Å²) in [6.07, 6.45) is 0. The second kappa shape index (κ2) is 7.63. The zero-order chi connectivity index (χ0) is 19.7. The van der Waals surface area contributed by atoms with E-state index in [0.29, 0.717) is 21.3 Å². The molecule has 3 nitrogen and oxygen atoms in total. The maximum atomic E-state index is 13.1. The van der Waals surface area contributed by atoms with Gasteiger partial charge in [0, 0.05) is 26.7 Å². The van der Waals surface area contributed by atoms with Crippen molar-refractivity contribution in [3.8, 4) is 11.3 Å². The number of para-hydroxylation sites is 1. The van der Waals surface area contributed by atoms with E-state index in [1.54, 1.807) is 18.2 Å². The van der Waals surface area contributed by atoms with Gasteiger partial charge in [0.05, 0.1) is 16.8 Å². The molecule has 0 atom stereocenters. The van der Waals surface area contributed by atoms with E-state index in [4.69, 9.17) is 28.2 Å². The molecular weight excluding hydrogens is 391 g/mol. The van der Waals surface area contributed by atoms with Crippen molar-refractivity contribution in [3.63, 3.8) is 0 Å². The second-order valence-electron chi connectivity index (χ2n) is 6.55. The van der Waals surface area contributed by atoms with Crippen LogP contribution in [0.3, 0.4) is 0 Å². The van der Waals surface area contributed by atoms with Gasteiger partial charge in [0.2, 0.25) is 0 Å². The van der Waals surface area contributed by atoms with E-state index in [1.165, 1.54) is 0 Å². The summed E-state index contributed by atoms with van der Waals surface area (Å²) < 4.78 is 0. The topological polar surface area (TPSA) is 42.0 Å². The number of anilines is 1. The van der Waals surface area contributed by atoms with Gasteiger partial charge < -0.3 is 5.32 Å². The van der Waals surface area contributed by atoms with E-state index in [0.717, 1.165) is 27.7 Å². The van der Waals surface area contributed by atoms with E-state index in [2.05, 4.69) is 11.4 Å². The van der Waals surface area contributed by atoms with Gasteiger partial charge in [0.25, 0.3) is 5.91 Å². The molecule has 1 N–H and O–H groups in total.